The lowest BCUT2D eigenvalue weighted by Gasteiger charge is -2.21. The average molecular weight is 785 g/mol. The van der Waals surface area contributed by atoms with E-state index in [9.17, 15) is 24.0 Å². The Morgan fingerprint density at radius 3 is 1.86 bits per heavy atom. The van der Waals surface area contributed by atoms with Crippen LogP contribution in [0.5, 0.6) is 0 Å². The van der Waals surface area contributed by atoms with E-state index in [0.29, 0.717) is 108 Å². The molecule has 3 rings (SSSR count). The summed E-state index contributed by atoms with van der Waals surface area (Å²) in [6.07, 6.45) is 11.5. The Hall–Kier alpha value is -2.63. The monoisotopic (exact) mass is 785 g/mol. The van der Waals surface area contributed by atoms with Crippen LogP contribution in [0, 0.1) is 29.6 Å². The topological polar surface area (TPSA) is 132 Å². The van der Waals surface area contributed by atoms with Crippen molar-refractivity contribution in [1.82, 2.24) is 0 Å². The first kappa shape index (κ1) is 47.7. The van der Waals surface area contributed by atoms with Crippen LogP contribution in [-0.4, -0.2) is 95.5 Å². The smallest absolute Gasteiger partial charge is 0.173 e. The van der Waals surface area contributed by atoms with Crippen molar-refractivity contribution >= 4 is 28.9 Å². The summed E-state index contributed by atoms with van der Waals surface area (Å²) in [5.41, 5.74) is 1.86. The molecule has 5 atom stereocenters. The number of hydrogen-bond acceptors (Lipinski definition) is 10. The molecule has 0 amide bonds. The Morgan fingerprint density at radius 2 is 1.27 bits per heavy atom. The third-order valence-corrected chi connectivity index (χ3v) is 11.6. The predicted molar refractivity (Wildman–Crippen MR) is 217 cm³/mol. The van der Waals surface area contributed by atoms with Crippen molar-refractivity contribution in [3.8, 4) is 0 Å². The molecule has 0 N–H and O–H groups in total. The highest BCUT2D eigenvalue weighted by atomic mass is 16.5. The number of ketones is 5. The van der Waals surface area contributed by atoms with Crippen LogP contribution in [0.1, 0.15) is 140 Å². The van der Waals surface area contributed by atoms with Crippen molar-refractivity contribution in [2.24, 2.45) is 29.6 Å². The van der Waals surface area contributed by atoms with Gasteiger partial charge in [-0.25, -0.2) is 0 Å². The highest BCUT2D eigenvalue weighted by molar-refractivity contribution is 6.12. The van der Waals surface area contributed by atoms with Gasteiger partial charge in [0.1, 0.15) is 24.8 Å². The molecule has 316 valence electrons. The third-order valence-electron chi connectivity index (χ3n) is 11.6. The number of hydrogen-bond donors (Lipinski definition) is 0. The number of unbranched alkanes of at least 4 members (excludes halogenated alkanes) is 3. The van der Waals surface area contributed by atoms with Gasteiger partial charge in [-0.15, -0.1) is 0 Å². The van der Waals surface area contributed by atoms with Gasteiger partial charge in [0.25, 0.3) is 0 Å². The van der Waals surface area contributed by atoms with E-state index >= 15 is 0 Å². The summed E-state index contributed by atoms with van der Waals surface area (Å²) in [5.74, 6) is 1.08. The second-order valence-electron chi connectivity index (χ2n) is 17.0. The standard InChI is InChI=1S/C46H72O10/c1-6-34(31-52-5)29-40(49)33-56-32-39(48)16-10-12-24-54-26-28-55-27-25-53-23-11-9-15-38(47)14-8-7-13-35-19-22-41-42(35)30-43(50)44(41)45(51)36-17-20-37(21-18-36)46(2,3)4/h17-18,20-21,34-35,41-42,44H,6-16,19,22-33H2,1-5H3. The van der Waals surface area contributed by atoms with Gasteiger partial charge in [-0.3, -0.25) is 24.0 Å². The van der Waals surface area contributed by atoms with Gasteiger partial charge < -0.3 is 23.7 Å². The van der Waals surface area contributed by atoms with Gasteiger partial charge in [0, 0.05) is 64.6 Å². The molecule has 5 unspecified atom stereocenters. The molecule has 2 saturated carbocycles. The summed E-state index contributed by atoms with van der Waals surface area (Å²) < 4.78 is 27.2. The molecule has 2 fully saturated rings. The summed E-state index contributed by atoms with van der Waals surface area (Å²) >= 11 is 0. The number of methoxy groups -OCH3 is 1. The van der Waals surface area contributed by atoms with Gasteiger partial charge in [-0.05, 0) is 79.6 Å². The van der Waals surface area contributed by atoms with Crippen molar-refractivity contribution in [3.05, 3.63) is 35.4 Å². The highest BCUT2D eigenvalue weighted by Crippen LogP contribution is 2.51. The van der Waals surface area contributed by atoms with Crippen LogP contribution in [-0.2, 0) is 48.3 Å². The molecule has 0 saturated heterocycles. The maximum absolute atomic E-state index is 13.4. The lowest BCUT2D eigenvalue weighted by Crippen LogP contribution is -2.25. The molecule has 0 radical (unpaired) electrons. The van der Waals surface area contributed by atoms with E-state index in [4.69, 9.17) is 23.7 Å². The number of carbonyl (C=O) groups excluding carboxylic acids is 5. The normalized spacial score (nSPS) is 20.0. The zero-order valence-corrected chi connectivity index (χ0v) is 35.2. The third kappa shape index (κ3) is 17.5. The number of ether oxygens (including phenoxy) is 5. The van der Waals surface area contributed by atoms with Crippen LogP contribution in [0.15, 0.2) is 24.3 Å². The fourth-order valence-corrected chi connectivity index (χ4v) is 8.26. The van der Waals surface area contributed by atoms with Gasteiger partial charge in [0.2, 0.25) is 0 Å². The van der Waals surface area contributed by atoms with Crippen molar-refractivity contribution in [3.63, 3.8) is 0 Å². The molecule has 2 aliphatic rings. The van der Waals surface area contributed by atoms with Gasteiger partial charge in [0.15, 0.2) is 17.3 Å². The van der Waals surface area contributed by atoms with Gasteiger partial charge in [-0.1, -0.05) is 71.2 Å². The minimum atomic E-state index is -0.486. The zero-order chi connectivity index (χ0) is 40.8. The second kappa shape index (κ2) is 26.4. The van der Waals surface area contributed by atoms with Gasteiger partial charge in [0.05, 0.1) is 32.3 Å². The first-order valence-electron chi connectivity index (χ1n) is 21.5. The molecular weight excluding hydrogens is 712 g/mol. The van der Waals surface area contributed by atoms with Crippen molar-refractivity contribution in [2.75, 3.05) is 66.6 Å². The number of fused-ring (bicyclic) bond motifs is 1. The van der Waals surface area contributed by atoms with Crippen LogP contribution in [0.25, 0.3) is 0 Å². The second-order valence-corrected chi connectivity index (χ2v) is 17.0. The Labute approximate surface area is 336 Å². The van der Waals surface area contributed by atoms with Crippen LogP contribution in [0.4, 0.5) is 0 Å². The van der Waals surface area contributed by atoms with Gasteiger partial charge in [-0.2, -0.15) is 0 Å². The molecule has 1 aromatic rings. The molecule has 0 aromatic heterocycles. The molecule has 10 heteroatoms. The summed E-state index contributed by atoms with van der Waals surface area (Å²) in [6, 6.07) is 7.84. The number of benzene rings is 1. The SMILES string of the molecule is CCC(COC)CC(=O)COCC(=O)CCCCOCCOCCOCCCCC(=O)CCCCC1CCC2C(C(=O)c3ccc(C(C)(C)C)cc3)C(=O)CC12. The average Bonchev–Trinajstić information content (AvgIpc) is 3.71. The largest absolute Gasteiger partial charge is 0.384 e. The fraction of sp³-hybridized carbons (Fsp3) is 0.761. The minimum Gasteiger partial charge on any atom is -0.384 e. The first-order chi connectivity index (χ1) is 26.9. The number of rotatable bonds is 32. The summed E-state index contributed by atoms with van der Waals surface area (Å²) in [4.78, 5) is 62.9. The number of carbonyl (C=O) groups is 5. The lowest BCUT2D eigenvalue weighted by molar-refractivity contribution is -0.129. The lowest BCUT2D eigenvalue weighted by atomic mass is 9.82. The molecule has 0 bridgehead atoms. The zero-order valence-electron chi connectivity index (χ0n) is 35.2. The minimum absolute atomic E-state index is 0.000312. The number of Topliss-reactive ketones (excluding diaryl/α,β-unsaturated/α-hetero) is 5. The van der Waals surface area contributed by atoms with Gasteiger partial charge >= 0.3 is 0 Å². The highest BCUT2D eigenvalue weighted by Gasteiger charge is 2.51. The Bertz CT molecular complexity index is 1330. The van der Waals surface area contributed by atoms with E-state index < -0.39 is 5.92 Å². The van der Waals surface area contributed by atoms with E-state index in [1.807, 2.05) is 31.2 Å². The summed E-state index contributed by atoms with van der Waals surface area (Å²) in [6.45, 7) is 12.1. The first-order valence-corrected chi connectivity index (χ1v) is 21.5. The van der Waals surface area contributed by atoms with E-state index in [1.54, 1.807) is 7.11 Å². The van der Waals surface area contributed by atoms with E-state index in [-0.39, 0.29) is 53.6 Å². The fourth-order valence-electron chi connectivity index (χ4n) is 8.26. The summed E-state index contributed by atoms with van der Waals surface area (Å²) in [7, 11) is 1.63. The molecule has 0 heterocycles. The van der Waals surface area contributed by atoms with Crippen molar-refractivity contribution in [2.45, 2.75) is 129 Å². The Morgan fingerprint density at radius 1 is 0.696 bits per heavy atom. The van der Waals surface area contributed by atoms with Crippen LogP contribution >= 0.6 is 0 Å². The van der Waals surface area contributed by atoms with E-state index in [2.05, 4.69) is 20.8 Å². The molecule has 2 aliphatic carbocycles. The molecule has 1 aromatic carbocycles. The van der Waals surface area contributed by atoms with Crippen LogP contribution in [0.2, 0.25) is 0 Å². The maximum Gasteiger partial charge on any atom is 0.173 e. The molecule has 56 heavy (non-hydrogen) atoms. The van der Waals surface area contributed by atoms with Crippen LogP contribution in [0.3, 0.4) is 0 Å². The quantitative estimate of drug-likeness (QED) is 0.0401. The maximum atomic E-state index is 13.4. The van der Waals surface area contributed by atoms with E-state index in [1.165, 1.54) is 5.56 Å². The molecular formula is C46H72O10. The molecule has 0 spiro atoms. The Balaban J connectivity index is 1.09. The molecule has 10 nitrogen and oxygen atoms in total. The van der Waals surface area contributed by atoms with Crippen molar-refractivity contribution in [1.29, 1.82) is 0 Å². The summed E-state index contributed by atoms with van der Waals surface area (Å²) in [5, 5.41) is 0. The van der Waals surface area contributed by atoms with Crippen molar-refractivity contribution < 1.29 is 47.7 Å². The van der Waals surface area contributed by atoms with Crippen LogP contribution < -0.4 is 0 Å². The molecule has 0 aliphatic heterocycles. The Kier molecular flexibility index (Phi) is 22.5. The predicted octanol–water partition coefficient (Wildman–Crippen LogP) is 8.14. The van der Waals surface area contributed by atoms with E-state index in [0.717, 1.165) is 57.8 Å².